The topological polar surface area (TPSA) is 58.2 Å². The summed E-state index contributed by atoms with van der Waals surface area (Å²) in [6.45, 7) is 0. The number of nitrogens with one attached hydrogen (secondary N) is 2. The first kappa shape index (κ1) is 18.7. The molecule has 0 saturated heterocycles. The van der Waals surface area contributed by atoms with Crippen molar-refractivity contribution in [2.24, 2.45) is 0 Å². The molecular formula is C20H20Cl2N2O2. The maximum atomic E-state index is 12.5. The van der Waals surface area contributed by atoms with Gasteiger partial charge < -0.3 is 10.6 Å². The van der Waals surface area contributed by atoms with E-state index in [2.05, 4.69) is 10.6 Å². The Hall–Kier alpha value is -2.04. The van der Waals surface area contributed by atoms with Gasteiger partial charge in [-0.25, -0.2) is 0 Å². The molecule has 2 N–H and O–H groups in total. The van der Waals surface area contributed by atoms with E-state index in [1.807, 2.05) is 0 Å². The predicted octanol–water partition coefficient (Wildman–Crippen LogP) is 4.46. The zero-order chi connectivity index (χ0) is 18.5. The van der Waals surface area contributed by atoms with Crippen molar-refractivity contribution in [3.05, 3.63) is 69.7 Å². The lowest BCUT2D eigenvalue weighted by Crippen LogP contribution is -2.53. The zero-order valence-corrected chi connectivity index (χ0v) is 15.7. The SMILES string of the molecule is O=C(N[C@H]1CCCC[C@@H]1NC(=O)c1ccc(Cl)cc1)c1ccc(Cl)cc1. The van der Waals surface area contributed by atoms with E-state index in [1.165, 1.54) is 0 Å². The van der Waals surface area contributed by atoms with Crippen molar-refractivity contribution >= 4 is 35.0 Å². The molecule has 2 aromatic rings. The van der Waals surface area contributed by atoms with Gasteiger partial charge in [-0.1, -0.05) is 36.0 Å². The van der Waals surface area contributed by atoms with Gasteiger partial charge in [-0.15, -0.1) is 0 Å². The van der Waals surface area contributed by atoms with E-state index in [1.54, 1.807) is 48.5 Å². The van der Waals surface area contributed by atoms with Crippen molar-refractivity contribution in [2.75, 3.05) is 0 Å². The minimum Gasteiger partial charge on any atom is -0.347 e. The molecule has 3 rings (SSSR count). The van der Waals surface area contributed by atoms with Gasteiger partial charge in [0.2, 0.25) is 0 Å². The highest BCUT2D eigenvalue weighted by Crippen LogP contribution is 2.20. The second kappa shape index (κ2) is 8.56. The number of hydrogen-bond donors (Lipinski definition) is 2. The largest absolute Gasteiger partial charge is 0.347 e. The first-order valence-electron chi connectivity index (χ1n) is 8.66. The van der Waals surface area contributed by atoms with Gasteiger partial charge in [0.25, 0.3) is 11.8 Å². The maximum absolute atomic E-state index is 12.5. The zero-order valence-electron chi connectivity index (χ0n) is 14.2. The third kappa shape index (κ3) is 4.77. The molecule has 1 aliphatic carbocycles. The molecule has 0 aliphatic heterocycles. The summed E-state index contributed by atoms with van der Waals surface area (Å²) >= 11 is 11.7. The number of rotatable bonds is 4. The molecule has 0 radical (unpaired) electrons. The van der Waals surface area contributed by atoms with Crippen molar-refractivity contribution < 1.29 is 9.59 Å². The molecule has 0 heterocycles. The van der Waals surface area contributed by atoms with Crippen LogP contribution >= 0.6 is 23.2 Å². The Balaban J connectivity index is 1.65. The normalized spacial score (nSPS) is 19.6. The van der Waals surface area contributed by atoms with Crippen LogP contribution < -0.4 is 10.6 Å². The minimum absolute atomic E-state index is 0.0943. The van der Waals surface area contributed by atoms with Crippen LogP contribution in [0.25, 0.3) is 0 Å². The second-order valence-corrected chi connectivity index (χ2v) is 7.33. The molecule has 0 spiro atoms. The monoisotopic (exact) mass is 390 g/mol. The first-order valence-corrected chi connectivity index (χ1v) is 9.41. The van der Waals surface area contributed by atoms with Crippen molar-refractivity contribution in [1.82, 2.24) is 10.6 Å². The number of hydrogen-bond acceptors (Lipinski definition) is 2. The molecule has 26 heavy (non-hydrogen) atoms. The van der Waals surface area contributed by atoms with E-state index >= 15 is 0 Å². The summed E-state index contributed by atoms with van der Waals surface area (Å²) in [5.74, 6) is -0.307. The van der Waals surface area contributed by atoms with Crippen LogP contribution in [0, 0.1) is 0 Å². The molecule has 2 aromatic carbocycles. The molecule has 1 aliphatic rings. The third-order valence-electron chi connectivity index (χ3n) is 4.61. The number of benzene rings is 2. The predicted molar refractivity (Wildman–Crippen MR) is 104 cm³/mol. The van der Waals surface area contributed by atoms with E-state index in [0.717, 1.165) is 25.7 Å². The fourth-order valence-electron chi connectivity index (χ4n) is 3.18. The highest BCUT2D eigenvalue weighted by atomic mass is 35.5. The smallest absolute Gasteiger partial charge is 0.251 e. The van der Waals surface area contributed by atoms with Crippen LogP contribution in [0.1, 0.15) is 46.4 Å². The van der Waals surface area contributed by atoms with Gasteiger partial charge in [0.05, 0.1) is 0 Å². The third-order valence-corrected chi connectivity index (χ3v) is 5.12. The minimum atomic E-state index is -0.153. The molecule has 1 fully saturated rings. The van der Waals surface area contributed by atoms with Crippen LogP contribution in [-0.2, 0) is 0 Å². The highest BCUT2D eigenvalue weighted by Gasteiger charge is 2.28. The van der Waals surface area contributed by atoms with Crippen LogP contribution in [0.3, 0.4) is 0 Å². The quantitative estimate of drug-likeness (QED) is 0.808. The van der Waals surface area contributed by atoms with Gasteiger partial charge in [-0.05, 0) is 61.4 Å². The van der Waals surface area contributed by atoms with Crippen LogP contribution in [0.15, 0.2) is 48.5 Å². The standard InChI is InChI=1S/C20H20Cl2N2O2/c21-15-9-5-13(6-10-15)19(25)23-17-3-1-2-4-18(17)24-20(26)14-7-11-16(22)12-8-14/h5-12,17-18H,1-4H2,(H,23,25)(H,24,26)/t17-,18-/m0/s1. The van der Waals surface area contributed by atoms with Crippen molar-refractivity contribution in [3.8, 4) is 0 Å². The van der Waals surface area contributed by atoms with Gasteiger partial charge in [-0.2, -0.15) is 0 Å². The molecule has 6 heteroatoms. The Labute approximate surface area is 162 Å². The molecule has 4 nitrogen and oxygen atoms in total. The van der Waals surface area contributed by atoms with Gasteiger partial charge in [0.15, 0.2) is 0 Å². The maximum Gasteiger partial charge on any atom is 0.251 e. The molecule has 0 aromatic heterocycles. The number of amides is 2. The van der Waals surface area contributed by atoms with E-state index in [0.29, 0.717) is 21.2 Å². The van der Waals surface area contributed by atoms with Crippen molar-refractivity contribution in [3.63, 3.8) is 0 Å². The van der Waals surface area contributed by atoms with E-state index in [4.69, 9.17) is 23.2 Å². The van der Waals surface area contributed by atoms with Gasteiger partial charge in [0, 0.05) is 33.3 Å². The van der Waals surface area contributed by atoms with Crippen molar-refractivity contribution in [1.29, 1.82) is 0 Å². The summed E-state index contributed by atoms with van der Waals surface area (Å²) in [5, 5.41) is 7.29. The summed E-state index contributed by atoms with van der Waals surface area (Å²) < 4.78 is 0. The fourth-order valence-corrected chi connectivity index (χ4v) is 3.43. The molecule has 1 saturated carbocycles. The average Bonchev–Trinajstić information content (AvgIpc) is 2.64. The van der Waals surface area contributed by atoms with E-state index in [9.17, 15) is 9.59 Å². The Morgan fingerprint density at radius 2 is 1.04 bits per heavy atom. The lowest BCUT2D eigenvalue weighted by molar-refractivity contribution is 0.0863. The summed E-state index contributed by atoms with van der Waals surface area (Å²) in [6, 6.07) is 13.4. The van der Waals surface area contributed by atoms with Crippen molar-refractivity contribution in [2.45, 2.75) is 37.8 Å². The van der Waals surface area contributed by atoms with Gasteiger partial charge in [0.1, 0.15) is 0 Å². The average molecular weight is 391 g/mol. The summed E-state index contributed by atoms with van der Waals surface area (Å²) in [6.07, 6.45) is 3.73. The summed E-state index contributed by atoms with van der Waals surface area (Å²) in [7, 11) is 0. The van der Waals surface area contributed by atoms with E-state index < -0.39 is 0 Å². The molecule has 2 atom stereocenters. The molecule has 0 bridgehead atoms. The Kier molecular flexibility index (Phi) is 6.17. The second-order valence-electron chi connectivity index (χ2n) is 6.46. The Bertz CT molecular complexity index is 708. The lowest BCUT2D eigenvalue weighted by Gasteiger charge is -2.33. The van der Waals surface area contributed by atoms with E-state index in [-0.39, 0.29) is 23.9 Å². The number of carbonyl (C=O) groups is 2. The Morgan fingerprint density at radius 3 is 1.38 bits per heavy atom. The molecule has 2 amide bonds. The van der Waals surface area contributed by atoms with Gasteiger partial charge >= 0.3 is 0 Å². The molecule has 136 valence electrons. The summed E-state index contributed by atoms with van der Waals surface area (Å²) in [5.41, 5.74) is 1.12. The van der Waals surface area contributed by atoms with Crippen LogP contribution in [0.4, 0.5) is 0 Å². The highest BCUT2D eigenvalue weighted by molar-refractivity contribution is 6.31. The Morgan fingerprint density at radius 1 is 0.692 bits per heavy atom. The molecule has 0 unspecified atom stereocenters. The van der Waals surface area contributed by atoms with Crippen LogP contribution in [0.2, 0.25) is 10.0 Å². The molecular weight excluding hydrogens is 371 g/mol. The van der Waals surface area contributed by atoms with Crippen LogP contribution in [0.5, 0.6) is 0 Å². The fraction of sp³-hybridized carbons (Fsp3) is 0.300. The lowest BCUT2D eigenvalue weighted by atomic mass is 9.89. The number of carbonyl (C=O) groups excluding carboxylic acids is 2. The first-order chi connectivity index (χ1) is 12.5. The summed E-state index contributed by atoms with van der Waals surface area (Å²) in [4.78, 5) is 25.0. The number of halogens is 2. The van der Waals surface area contributed by atoms with Crippen LogP contribution in [-0.4, -0.2) is 23.9 Å². The van der Waals surface area contributed by atoms with Gasteiger partial charge in [-0.3, -0.25) is 9.59 Å².